The van der Waals surface area contributed by atoms with E-state index in [0.29, 0.717) is 6.42 Å². The molecule has 0 saturated carbocycles. The van der Waals surface area contributed by atoms with Gasteiger partial charge in [-0.25, -0.2) is 4.79 Å². The fourth-order valence-electron chi connectivity index (χ4n) is 1.98. The maximum Gasteiger partial charge on any atom is 0.408 e. The average Bonchev–Trinajstić information content (AvgIpc) is 2.36. The maximum atomic E-state index is 11.8. The lowest BCUT2D eigenvalue weighted by Crippen LogP contribution is -2.38. The molecule has 0 aliphatic heterocycles. The van der Waals surface area contributed by atoms with Gasteiger partial charge in [-0.2, -0.15) is 0 Å². The van der Waals surface area contributed by atoms with Crippen LogP contribution >= 0.6 is 0 Å². The molecule has 0 spiro atoms. The Bertz CT molecular complexity index is 371. The van der Waals surface area contributed by atoms with E-state index < -0.39 is 23.6 Å². The predicted octanol–water partition coefficient (Wildman–Crippen LogP) is 4.13. The minimum atomic E-state index is -0.822. The first-order valence-corrected chi connectivity index (χ1v) is 8.10. The number of hydrogen-bond donors (Lipinski definition) is 2. The summed E-state index contributed by atoms with van der Waals surface area (Å²) in [5, 5.41) is 12.0. The second-order valence-corrected chi connectivity index (χ2v) is 6.51. The van der Waals surface area contributed by atoms with Gasteiger partial charge >= 0.3 is 12.1 Å². The van der Waals surface area contributed by atoms with Crippen LogP contribution in [0, 0.1) is 5.92 Å². The van der Waals surface area contributed by atoms with Crippen LogP contribution in [-0.4, -0.2) is 28.8 Å². The minimum absolute atomic E-state index is 0.205. The summed E-state index contributed by atoms with van der Waals surface area (Å²) >= 11 is 0. The van der Waals surface area contributed by atoms with Gasteiger partial charge in [0.15, 0.2) is 0 Å². The summed E-state index contributed by atoms with van der Waals surface area (Å²) in [6.07, 6.45) is 7.08. The van der Waals surface area contributed by atoms with E-state index in [2.05, 4.69) is 5.32 Å². The highest BCUT2D eigenvalue weighted by molar-refractivity contribution is 5.72. The summed E-state index contributed by atoms with van der Waals surface area (Å²) in [5.41, 5.74) is -0.546. The largest absolute Gasteiger partial charge is 0.481 e. The SMILES string of the molecule is CCCCC(/C=C/[C@H](CCC)NC(=O)OC(C)(C)C)C(=O)O. The number of hydrogen-bond acceptors (Lipinski definition) is 3. The molecular formula is C17H31NO4. The lowest BCUT2D eigenvalue weighted by atomic mass is 10.00. The molecule has 5 heteroatoms. The van der Waals surface area contributed by atoms with Crippen LogP contribution in [0.5, 0.6) is 0 Å². The van der Waals surface area contributed by atoms with E-state index in [0.717, 1.165) is 25.7 Å². The molecule has 0 aliphatic rings. The Hall–Kier alpha value is -1.52. The number of amides is 1. The lowest BCUT2D eigenvalue weighted by molar-refractivity contribution is -0.140. The zero-order chi connectivity index (χ0) is 17.2. The molecule has 0 fully saturated rings. The summed E-state index contributed by atoms with van der Waals surface area (Å²) in [5.74, 6) is -1.32. The Morgan fingerprint density at radius 3 is 2.23 bits per heavy atom. The van der Waals surface area contributed by atoms with Crippen molar-refractivity contribution in [1.29, 1.82) is 0 Å². The number of rotatable bonds is 9. The van der Waals surface area contributed by atoms with Crippen molar-refractivity contribution in [2.45, 2.75) is 78.4 Å². The number of carboxylic acid groups (broad SMARTS) is 1. The van der Waals surface area contributed by atoms with Gasteiger partial charge < -0.3 is 15.2 Å². The maximum absolute atomic E-state index is 11.8. The number of ether oxygens (including phenoxy) is 1. The molecule has 5 nitrogen and oxygen atoms in total. The van der Waals surface area contributed by atoms with E-state index >= 15 is 0 Å². The van der Waals surface area contributed by atoms with Crippen LogP contribution in [0.15, 0.2) is 12.2 Å². The summed E-state index contributed by atoms with van der Waals surface area (Å²) < 4.78 is 5.23. The molecule has 2 N–H and O–H groups in total. The predicted molar refractivity (Wildman–Crippen MR) is 87.9 cm³/mol. The van der Waals surface area contributed by atoms with Crippen LogP contribution in [0.25, 0.3) is 0 Å². The van der Waals surface area contributed by atoms with Crippen molar-refractivity contribution in [1.82, 2.24) is 5.32 Å². The van der Waals surface area contributed by atoms with Gasteiger partial charge in [0, 0.05) is 0 Å². The molecule has 0 saturated heterocycles. The number of aliphatic carboxylic acids is 1. The Morgan fingerprint density at radius 1 is 1.14 bits per heavy atom. The monoisotopic (exact) mass is 313 g/mol. The summed E-state index contributed by atoms with van der Waals surface area (Å²) in [6, 6.07) is -0.205. The molecule has 22 heavy (non-hydrogen) atoms. The molecule has 0 rings (SSSR count). The first-order chi connectivity index (χ1) is 10.2. The number of carbonyl (C=O) groups excluding carboxylic acids is 1. The molecule has 0 aromatic carbocycles. The van der Waals surface area contributed by atoms with E-state index in [1.807, 2.05) is 34.6 Å². The van der Waals surface area contributed by atoms with Gasteiger partial charge in [-0.3, -0.25) is 4.79 Å². The van der Waals surface area contributed by atoms with Gasteiger partial charge in [0.1, 0.15) is 5.60 Å². The molecule has 0 aromatic rings. The van der Waals surface area contributed by atoms with Crippen molar-refractivity contribution < 1.29 is 19.4 Å². The molecular weight excluding hydrogens is 282 g/mol. The molecule has 0 bridgehead atoms. The molecule has 0 radical (unpaired) electrons. The zero-order valence-corrected chi connectivity index (χ0v) is 14.5. The molecule has 128 valence electrons. The Balaban J connectivity index is 4.69. The van der Waals surface area contributed by atoms with Crippen LogP contribution in [0.4, 0.5) is 4.79 Å². The van der Waals surface area contributed by atoms with Gasteiger partial charge in [-0.15, -0.1) is 0 Å². The van der Waals surface area contributed by atoms with Crippen molar-refractivity contribution in [3.63, 3.8) is 0 Å². The lowest BCUT2D eigenvalue weighted by Gasteiger charge is -2.22. The van der Waals surface area contributed by atoms with Gasteiger partial charge in [-0.1, -0.05) is 45.3 Å². The molecule has 0 aromatic heterocycles. The minimum Gasteiger partial charge on any atom is -0.481 e. The third-order valence-electron chi connectivity index (χ3n) is 3.06. The Kier molecular flexibility index (Phi) is 9.54. The molecule has 1 amide bonds. The van der Waals surface area contributed by atoms with E-state index in [-0.39, 0.29) is 6.04 Å². The number of unbranched alkanes of at least 4 members (excludes halogenated alkanes) is 1. The average molecular weight is 313 g/mol. The molecule has 0 heterocycles. The first-order valence-electron chi connectivity index (χ1n) is 8.10. The smallest absolute Gasteiger partial charge is 0.408 e. The molecule has 0 aliphatic carbocycles. The van der Waals surface area contributed by atoms with Crippen LogP contribution in [0.1, 0.15) is 66.7 Å². The Labute approximate surface area is 134 Å². The second kappa shape index (κ2) is 10.2. The van der Waals surface area contributed by atoms with E-state index in [4.69, 9.17) is 4.74 Å². The molecule has 2 atom stereocenters. The van der Waals surface area contributed by atoms with Crippen molar-refractivity contribution >= 4 is 12.1 Å². The standard InChI is InChI=1S/C17H31NO4/c1-6-8-10-13(15(19)20)11-12-14(9-7-2)18-16(21)22-17(3,4)5/h11-14H,6-10H2,1-5H3,(H,18,21)(H,19,20)/b12-11+/t13?,14-/m0/s1. The first kappa shape index (κ1) is 20.5. The summed E-state index contributed by atoms with van der Waals surface area (Å²) in [4.78, 5) is 23.0. The fourth-order valence-corrected chi connectivity index (χ4v) is 1.98. The van der Waals surface area contributed by atoms with Crippen LogP contribution in [0.3, 0.4) is 0 Å². The van der Waals surface area contributed by atoms with Crippen molar-refractivity contribution in [2.24, 2.45) is 5.92 Å². The normalized spacial score (nSPS) is 14.6. The highest BCUT2D eigenvalue weighted by atomic mass is 16.6. The number of alkyl carbamates (subject to hydrolysis) is 1. The van der Waals surface area contributed by atoms with E-state index in [1.54, 1.807) is 12.2 Å². The van der Waals surface area contributed by atoms with Gasteiger partial charge in [0.25, 0.3) is 0 Å². The number of carbonyl (C=O) groups is 2. The van der Waals surface area contributed by atoms with Crippen molar-refractivity contribution in [3.05, 3.63) is 12.2 Å². The number of nitrogens with one attached hydrogen (secondary N) is 1. The quantitative estimate of drug-likeness (QED) is 0.628. The van der Waals surface area contributed by atoms with Crippen molar-refractivity contribution in [3.8, 4) is 0 Å². The zero-order valence-electron chi connectivity index (χ0n) is 14.5. The number of carboxylic acids is 1. The third kappa shape index (κ3) is 10.2. The van der Waals surface area contributed by atoms with Gasteiger partial charge in [0.2, 0.25) is 0 Å². The summed E-state index contributed by atoms with van der Waals surface area (Å²) in [7, 11) is 0. The van der Waals surface area contributed by atoms with E-state index in [9.17, 15) is 14.7 Å². The van der Waals surface area contributed by atoms with Crippen molar-refractivity contribution in [2.75, 3.05) is 0 Å². The second-order valence-electron chi connectivity index (χ2n) is 6.51. The summed E-state index contributed by atoms with van der Waals surface area (Å²) in [6.45, 7) is 9.48. The van der Waals surface area contributed by atoms with Gasteiger partial charge in [-0.05, 0) is 33.6 Å². The highest BCUT2D eigenvalue weighted by Crippen LogP contribution is 2.13. The van der Waals surface area contributed by atoms with Crippen LogP contribution in [0.2, 0.25) is 0 Å². The third-order valence-corrected chi connectivity index (χ3v) is 3.06. The Morgan fingerprint density at radius 2 is 1.77 bits per heavy atom. The van der Waals surface area contributed by atoms with E-state index in [1.165, 1.54) is 0 Å². The van der Waals surface area contributed by atoms with Gasteiger partial charge in [0.05, 0.1) is 12.0 Å². The topological polar surface area (TPSA) is 75.6 Å². The fraction of sp³-hybridized carbons (Fsp3) is 0.765. The highest BCUT2D eigenvalue weighted by Gasteiger charge is 2.19. The van der Waals surface area contributed by atoms with Crippen LogP contribution < -0.4 is 5.32 Å². The molecule has 1 unspecified atom stereocenters. The van der Waals surface area contributed by atoms with Crippen LogP contribution in [-0.2, 0) is 9.53 Å².